The molecular weight excluding hydrogens is 238 g/mol. The molecular formula is C16H29NO2. The van der Waals surface area contributed by atoms with Gasteiger partial charge in [0.25, 0.3) is 0 Å². The van der Waals surface area contributed by atoms with Crippen molar-refractivity contribution in [1.29, 1.82) is 0 Å². The van der Waals surface area contributed by atoms with Crippen LogP contribution in [0.2, 0.25) is 0 Å². The van der Waals surface area contributed by atoms with Crippen LogP contribution in [0.5, 0.6) is 0 Å². The van der Waals surface area contributed by atoms with Gasteiger partial charge in [0, 0.05) is 13.1 Å². The van der Waals surface area contributed by atoms with Gasteiger partial charge in [-0.15, -0.1) is 0 Å². The second-order valence-corrected chi connectivity index (χ2v) is 5.51. The Labute approximate surface area is 118 Å². The van der Waals surface area contributed by atoms with Crippen molar-refractivity contribution < 1.29 is 9.53 Å². The average molecular weight is 267 g/mol. The summed E-state index contributed by atoms with van der Waals surface area (Å²) in [6, 6.07) is 0. The lowest BCUT2D eigenvalue weighted by molar-refractivity contribution is -0.146. The summed E-state index contributed by atoms with van der Waals surface area (Å²) in [7, 11) is 0. The zero-order valence-corrected chi connectivity index (χ0v) is 13.1. The Kier molecular flexibility index (Phi) is 6.56. The van der Waals surface area contributed by atoms with Gasteiger partial charge in [0.05, 0.1) is 18.1 Å². The van der Waals surface area contributed by atoms with Crippen LogP contribution in [-0.2, 0) is 9.53 Å². The highest BCUT2D eigenvalue weighted by molar-refractivity contribution is 5.81. The predicted octanol–water partition coefficient (Wildman–Crippen LogP) is 3.39. The molecule has 19 heavy (non-hydrogen) atoms. The van der Waals surface area contributed by atoms with Gasteiger partial charge in [0.15, 0.2) is 0 Å². The summed E-state index contributed by atoms with van der Waals surface area (Å²) in [6.07, 6.45) is 5.80. The topological polar surface area (TPSA) is 29.5 Å². The smallest absolute Gasteiger partial charge is 0.229 e. The molecule has 0 N–H and O–H groups in total. The highest BCUT2D eigenvalue weighted by atomic mass is 16.5. The van der Waals surface area contributed by atoms with Crippen LogP contribution in [0.3, 0.4) is 0 Å². The normalized spacial score (nSPS) is 31.1. The number of nitrogens with zero attached hydrogens (tertiary/aromatic N) is 1. The minimum Gasteiger partial charge on any atom is -0.372 e. The van der Waals surface area contributed by atoms with Gasteiger partial charge in [-0.3, -0.25) is 4.79 Å². The van der Waals surface area contributed by atoms with E-state index in [-0.39, 0.29) is 18.1 Å². The number of ether oxygens (including phenoxy) is 1. The maximum atomic E-state index is 12.4. The number of amides is 1. The lowest BCUT2D eigenvalue weighted by atomic mass is 9.90. The molecule has 3 nitrogen and oxygen atoms in total. The first-order valence-corrected chi connectivity index (χ1v) is 7.68. The van der Waals surface area contributed by atoms with Gasteiger partial charge < -0.3 is 9.64 Å². The lowest BCUT2D eigenvalue weighted by Gasteiger charge is -2.37. The fourth-order valence-electron chi connectivity index (χ4n) is 2.90. The van der Waals surface area contributed by atoms with Gasteiger partial charge >= 0.3 is 0 Å². The molecule has 1 saturated heterocycles. The summed E-state index contributed by atoms with van der Waals surface area (Å²) in [5.74, 6) is 0.410. The van der Waals surface area contributed by atoms with Crippen molar-refractivity contribution in [3.8, 4) is 0 Å². The highest BCUT2D eigenvalue weighted by Gasteiger charge is 2.30. The van der Waals surface area contributed by atoms with Crippen molar-refractivity contribution in [2.45, 2.75) is 66.1 Å². The number of morpholine rings is 1. The Bertz CT molecular complexity index is 315. The third-order valence-electron chi connectivity index (χ3n) is 3.62. The zero-order chi connectivity index (χ0) is 14.4. The van der Waals surface area contributed by atoms with E-state index >= 15 is 0 Å². The molecule has 1 fully saturated rings. The quantitative estimate of drug-likeness (QED) is 0.682. The largest absolute Gasteiger partial charge is 0.372 e. The average Bonchev–Trinajstić information content (AvgIpc) is 2.39. The fourth-order valence-corrected chi connectivity index (χ4v) is 2.90. The van der Waals surface area contributed by atoms with Crippen LogP contribution in [0.1, 0.15) is 53.9 Å². The molecule has 0 saturated carbocycles. The molecule has 1 aliphatic carbocycles. The molecule has 0 bridgehead atoms. The zero-order valence-electron chi connectivity index (χ0n) is 13.1. The van der Waals surface area contributed by atoms with E-state index in [9.17, 15) is 4.79 Å². The Morgan fingerprint density at radius 3 is 2.37 bits per heavy atom. The van der Waals surface area contributed by atoms with Crippen molar-refractivity contribution in [2.24, 2.45) is 5.92 Å². The second kappa shape index (κ2) is 7.68. The summed E-state index contributed by atoms with van der Waals surface area (Å²) in [5.41, 5.74) is 1.36. The Morgan fingerprint density at radius 2 is 1.84 bits per heavy atom. The van der Waals surface area contributed by atoms with Gasteiger partial charge in [0.2, 0.25) is 5.91 Å². The molecule has 0 radical (unpaired) electrons. The minimum atomic E-state index is 0.112. The number of hydrogen-bond acceptors (Lipinski definition) is 2. The number of rotatable bonds is 1. The van der Waals surface area contributed by atoms with E-state index in [1.807, 2.05) is 32.6 Å². The molecule has 1 amide bonds. The van der Waals surface area contributed by atoms with E-state index in [1.54, 1.807) is 0 Å². The monoisotopic (exact) mass is 267 g/mol. The molecule has 0 aromatic carbocycles. The van der Waals surface area contributed by atoms with E-state index in [1.165, 1.54) is 5.57 Å². The third-order valence-corrected chi connectivity index (χ3v) is 3.62. The van der Waals surface area contributed by atoms with Crippen LogP contribution >= 0.6 is 0 Å². The van der Waals surface area contributed by atoms with E-state index in [0.717, 1.165) is 32.4 Å². The van der Waals surface area contributed by atoms with Gasteiger partial charge in [-0.05, 0) is 40.0 Å². The number of allylic oxidation sites excluding steroid dienone is 1. The molecule has 2 rings (SSSR count). The summed E-state index contributed by atoms with van der Waals surface area (Å²) < 4.78 is 5.67. The molecule has 1 heterocycles. The van der Waals surface area contributed by atoms with E-state index in [0.29, 0.717) is 5.91 Å². The third kappa shape index (κ3) is 4.64. The van der Waals surface area contributed by atoms with E-state index < -0.39 is 0 Å². The fraction of sp³-hybridized carbons (Fsp3) is 0.812. The Hall–Kier alpha value is -0.830. The van der Waals surface area contributed by atoms with Gasteiger partial charge in [-0.25, -0.2) is 0 Å². The molecule has 0 aromatic heterocycles. The lowest BCUT2D eigenvalue weighted by Crippen LogP contribution is -2.50. The number of carbonyl (C=O) groups excluding carboxylic acids is 1. The van der Waals surface area contributed by atoms with Crippen molar-refractivity contribution in [2.75, 3.05) is 13.1 Å². The summed E-state index contributed by atoms with van der Waals surface area (Å²) in [4.78, 5) is 14.4. The predicted molar refractivity (Wildman–Crippen MR) is 79.0 cm³/mol. The Morgan fingerprint density at radius 1 is 1.26 bits per heavy atom. The van der Waals surface area contributed by atoms with Crippen molar-refractivity contribution in [3.63, 3.8) is 0 Å². The van der Waals surface area contributed by atoms with Crippen LogP contribution < -0.4 is 0 Å². The number of carbonyl (C=O) groups is 1. The maximum absolute atomic E-state index is 12.4. The molecule has 3 heteroatoms. The standard InChI is InChI=1S/C14H23NO2.C2H6/c1-10-5-4-6-13(7-10)14(16)15-8-11(2)17-12(3)9-15;1-2/h7,11-13H,4-6,8-9H2,1-3H3;1-2H3. The summed E-state index contributed by atoms with van der Waals surface area (Å²) >= 11 is 0. The van der Waals surface area contributed by atoms with E-state index in [4.69, 9.17) is 4.74 Å². The van der Waals surface area contributed by atoms with Crippen LogP contribution in [0, 0.1) is 5.92 Å². The van der Waals surface area contributed by atoms with Crippen LogP contribution in [0.15, 0.2) is 11.6 Å². The first-order chi connectivity index (χ1) is 9.06. The van der Waals surface area contributed by atoms with Crippen LogP contribution in [0.25, 0.3) is 0 Å². The molecule has 1 aliphatic heterocycles. The first-order valence-electron chi connectivity index (χ1n) is 7.68. The maximum Gasteiger partial charge on any atom is 0.229 e. The molecule has 0 aromatic rings. The van der Waals surface area contributed by atoms with Gasteiger partial charge in [0.1, 0.15) is 0 Å². The Balaban J connectivity index is 0.000000861. The molecule has 2 aliphatic rings. The van der Waals surface area contributed by atoms with E-state index in [2.05, 4.69) is 13.0 Å². The SMILES string of the molecule is CC.CC1=CC(C(=O)N2CC(C)OC(C)C2)CCC1. The van der Waals surface area contributed by atoms with Crippen molar-refractivity contribution >= 4 is 5.91 Å². The highest BCUT2D eigenvalue weighted by Crippen LogP contribution is 2.25. The molecule has 3 atom stereocenters. The van der Waals surface area contributed by atoms with Gasteiger partial charge in [-0.2, -0.15) is 0 Å². The molecule has 0 spiro atoms. The first kappa shape index (κ1) is 16.2. The second-order valence-electron chi connectivity index (χ2n) is 5.51. The minimum absolute atomic E-state index is 0.112. The summed E-state index contributed by atoms with van der Waals surface area (Å²) in [6.45, 7) is 11.7. The van der Waals surface area contributed by atoms with Crippen LogP contribution in [0.4, 0.5) is 0 Å². The molecule has 110 valence electrons. The van der Waals surface area contributed by atoms with Crippen molar-refractivity contribution in [3.05, 3.63) is 11.6 Å². The van der Waals surface area contributed by atoms with Crippen molar-refractivity contribution in [1.82, 2.24) is 4.90 Å². The van der Waals surface area contributed by atoms with Crippen LogP contribution in [-0.4, -0.2) is 36.1 Å². The summed E-state index contributed by atoms with van der Waals surface area (Å²) in [5, 5.41) is 0. The molecule has 3 unspecified atom stereocenters. The number of hydrogen-bond donors (Lipinski definition) is 0. The van der Waals surface area contributed by atoms with Gasteiger partial charge in [-0.1, -0.05) is 25.5 Å².